The van der Waals surface area contributed by atoms with Crippen molar-refractivity contribution in [2.45, 2.75) is 31.9 Å². The Labute approximate surface area is 170 Å². The summed E-state index contributed by atoms with van der Waals surface area (Å²) in [6.07, 6.45) is 16.4. The van der Waals surface area contributed by atoms with E-state index in [-0.39, 0.29) is 6.61 Å². The van der Waals surface area contributed by atoms with Crippen molar-refractivity contribution < 1.29 is 9.74 Å². The van der Waals surface area contributed by atoms with Crippen molar-refractivity contribution in [2.75, 3.05) is 24.6 Å². The van der Waals surface area contributed by atoms with Gasteiger partial charge >= 0.3 is 0 Å². The molecule has 0 fully saturated rings. The molecule has 0 bridgehead atoms. The largest absolute Gasteiger partial charge is 0.396 e. The number of allylic oxidation sites excluding steroid dienone is 4. The Morgan fingerprint density at radius 2 is 2.07 bits per heavy atom. The van der Waals surface area contributed by atoms with Crippen molar-refractivity contribution in [3.63, 3.8) is 0 Å². The maximum absolute atomic E-state index is 9.21. The van der Waals surface area contributed by atoms with Gasteiger partial charge in [0.25, 0.3) is 0 Å². The predicted molar refractivity (Wildman–Crippen MR) is 118 cm³/mol. The molecule has 1 aromatic carbocycles. The van der Waals surface area contributed by atoms with Crippen LogP contribution in [0.1, 0.15) is 32.3 Å². The Balaban J connectivity index is 1.85. The van der Waals surface area contributed by atoms with Crippen molar-refractivity contribution in [3.05, 3.63) is 59.1 Å². The van der Waals surface area contributed by atoms with Crippen molar-refractivity contribution >= 4 is 34.6 Å². The lowest BCUT2D eigenvalue weighted by Gasteiger charge is -2.20. The van der Waals surface area contributed by atoms with E-state index >= 15 is 0 Å². The molecule has 6 heteroatoms. The van der Waals surface area contributed by atoms with Crippen molar-refractivity contribution in [3.8, 4) is 0 Å². The summed E-state index contributed by atoms with van der Waals surface area (Å²) < 4.78 is 5.05. The highest BCUT2D eigenvalue weighted by molar-refractivity contribution is 8.04. The number of thioether (sulfide) groups is 1. The Bertz CT molecular complexity index is 894. The van der Waals surface area contributed by atoms with E-state index in [1.54, 1.807) is 11.8 Å². The van der Waals surface area contributed by atoms with Gasteiger partial charge in [0.1, 0.15) is 5.52 Å². The summed E-state index contributed by atoms with van der Waals surface area (Å²) >= 11 is 1.81. The second kappa shape index (κ2) is 10.3. The minimum Gasteiger partial charge on any atom is -0.396 e. The van der Waals surface area contributed by atoms with E-state index in [1.807, 2.05) is 0 Å². The second-order valence-electron chi connectivity index (χ2n) is 6.46. The zero-order valence-electron chi connectivity index (χ0n) is 16.4. The highest BCUT2D eigenvalue weighted by Gasteiger charge is 2.14. The molecule has 0 amide bonds. The van der Waals surface area contributed by atoms with E-state index < -0.39 is 0 Å². The van der Waals surface area contributed by atoms with Gasteiger partial charge in [0.05, 0.1) is 5.69 Å². The lowest BCUT2D eigenvalue weighted by Crippen LogP contribution is -2.22. The fraction of sp³-hybridized carbons (Fsp3) is 0.364. The molecular weight excluding hydrogens is 370 g/mol. The second-order valence-corrected chi connectivity index (χ2v) is 7.78. The number of aromatic nitrogens is 2. The summed E-state index contributed by atoms with van der Waals surface area (Å²) in [6, 6.07) is 4.15. The highest BCUT2D eigenvalue weighted by Crippen LogP contribution is 2.31. The molecule has 5 nitrogen and oxygen atoms in total. The minimum atomic E-state index is 0.147. The molecule has 3 rings (SSSR count). The first-order chi connectivity index (χ1) is 13.8. The zero-order chi connectivity index (χ0) is 19.8. The normalized spacial score (nSPS) is 17.1. The molecule has 1 unspecified atom stereocenters. The molecule has 1 heterocycles. The topological polar surface area (TPSA) is 62.4 Å². The van der Waals surface area contributed by atoms with Crippen LogP contribution in [0.2, 0.25) is 0 Å². The van der Waals surface area contributed by atoms with Crippen molar-refractivity contribution in [1.82, 2.24) is 10.3 Å². The van der Waals surface area contributed by atoms with Crippen LogP contribution in [-0.4, -0.2) is 40.4 Å². The molecule has 1 aliphatic rings. The van der Waals surface area contributed by atoms with E-state index in [0.29, 0.717) is 11.7 Å². The summed E-state index contributed by atoms with van der Waals surface area (Å²) in [5.41, 5.74) is 3.58. The number of aliphatic hydroxyl groups is 1. The molecule has 1 aromatic heterocycles. The molecular formula is C22H27N3O2S. The van der Waals surface area contributed by atoms with Crippen LogP contribution >= 0.6 is 11.8 Å². The van der Waals surface area contributed by atoms with Gasteiger partial charge in [0.2, 0.25) is 0 Å². The number of fused-ring (bicyclic) bond motifs is 1. The third kappa shape index (κ3) is 4.94. The fourth-order valence-corrected chi connectivity index (χ4v) is 4.27. The van der Waals surface area contributed by atoms with Crippen LogP contribution in [0.4, 0.5) is 5.69 Å². The third-order valence-electron chi connectivity index (χ3n) is 4.66. The molecule has 0 aliphatic heterocycles. The Morgan fingerprint density at radius 1 is 1.25 bits per heavy atom. The molecule has 1 aliphatic carbocycles. The maximum atomic E-state index is 9.21. The van der Waals surface area contributed by atoms with Gasteiger partial charge in [0, 0.05) is 35.4 Å². The number of benzene rings is 1. The van der Waals surface area contributed by atoms with Gasteiger partial charge in [-0.3, -0.25) is 0 Å². The van der Waals surface area contributed by atoms with Crippen LogP contribution in [0.3, 0.4) is 0 Å². The smallest absolute Gasteiger partial charge is 0.159 e. The molecule has 1 N–H and O–H groups in total. The van der Waals surface area contributed by atoms with E-state index in [9.17, 15) is 5.11 Å². The van der Waals surface area contributed by atoms with Crippen LogP contribution < -0.4 is 4.90 Å². The number of nitrogens with zero attached hydrogens (tertiary/aromatic N) is 3. The first kappa shape index (κ1) is 20.4. The number of anilines is 1. The van der Waals surface area contributed by atoms with E-state index in [4.69, 9.17) is 4.63 Å². The van der Waals surface area contributed by atoms with Crippen LogP contribution in [-0.2, 0) is 0 Å². The standard InChI is InChI=1S/C22H27N3O2S/c1-3-25(4-2)20-15-13-17(21-22(20)24-27-23-21)12-14-19(11-8-16-26)28-18-9-6-5-7-10-18/h5-7,9,11-15,18,26H,3-4,8,10,16H2,1-2H3/b14-12+,19-11+. The predicted octanol–water partition coefficient (Wildman–Crippen LogP) is 4.97. The molecule has 0 saturated carbocycles. The summed E-state index contributed by atoms with van der Waals surface area (Å²) in [7, 11) is 0. The van der Waals surface area contributed by atoms with Crippen molar-refractivity contribution in [2.24, 2.45) is 0 Å². The Kier molecular flexibility index (Phi) is 7.51. The van der Waals surface area contributed by atoms with Crippen LogP contribution in [0.15, 0.2) is 58.1 Å². The van der Waals surface area contributed by atoms with E-state index in [0.717, 1.165) is 46.7 Å². The third-order valence-corrected chi connectivity index (χ3v) is 5.89. The molecule has 0 spiro atoms. The zero-order valence-corrected chi connectivity index (χ0v) is 17.2. The van der Waals surface area contributed by atoms with E-state index in [1.165, 1.54) is 0 Å². The summed E-state index contributed by atoms with van der Waals surface area (Å²) in [5, 5.41) is 17.9. The maximum Gasteiger partial charge on any atom is 0.159 e. The number of rotatable bonds is 9. The molecule has 0 radical (unpaired) electrons. The van der Waals surface area contributed by atoms with Crippen LogP contribution in [0, 0.1) is 0 Å². The number of hydrogen-bond acceptors (Lipinski definition) is 6. The fourth-order valence-electron chi connectivity index (χ4n) is 3.18. The van der Waals surface area contributed by atoms with Gasteiger partial charge in [-0.05, 0) is 49.1 Å². The number of aliphatic hydroxyl groups excluding tert-OH is 1. The van der Waals surface area contributed by atoms with Gasteiger partial charge < -0.3 is 10.0 Å². The molecule has 0 saturated heterocycles. The SMILES string of the molecule is CCN(CC)c1ccc(/C=C/C(=C\CCO)SC2C=CC=CC2)c2nonc12. The lowest BCUT2D eigenvalue weighted by molar-refractivity contribution is 0.302. The van der Waals surface area contributed by atoms with Gasteiger partial charge in [-0.2, -0.15) is 0 Å². The van der Waals surface area contributed by atoms with Gasteiger partial charge in [-0.15, -0.1) is 11.8 Å². The van der Waals surface area contributed by atoms with Gasteiger partial charge in [0.15, 0.2) is 5.52 Å². The Hall–Kier alpha value is -2.31. The minimum absolute atomic E-state index is 0.147. The monoisotopic (exact) mass is 397 g/mol. The number of hydrogen-bond donors (Lipinski definition) is 1. The highest BCUT2D eigenvalue weighted by atomic mass is 32.2. The Morgan fingerprint density at radius 3 is 2.79 bits per heavy atom. The summed E-state index contributed by atoms with van der Waals surface area (Å²) in [4.78, 5) is 3.38. The van der Waals surface area contributed by atoms with E-state index in [2.05, 4.69) is 83.7 Å². The van der Waals surface area contributed by atoms with Gasteiger partial charge in [-0.25, -0.2) is 4.63 Å². The van der Waals surface area contributed by atoms with Crippen LogP contribution in [0.25, 0.3) is 17.1 Å². The summed E-state index contributed by atoms with van der Waals surface area (Å²) in [6.45, 7) is 6.21. The molecule has 2 aromatic rings. The quantitative estimate of drug-likeness (QED) is 0.603. The van der Waals surface area contributed by atoms with Crippen LogP contribution in [0.5, 0.6) is 0 Å². The average molecular weight is 398 g/mol. The summed E-state index contributed by atoms with van der Waals surface area (Å²) in [5.74, 6) is 0. The average Bonchev–Trinajstić information content (AvgIpc) is 3.22. The molecule has 1 atom stereocenters. The first-order valence-electron chi connectivity index (χ1n) is 9.76. The first-order valence-corrected chi connectivity index (χ1v) is 10.6. The molecule has 28 heavy (non-hydrogen) atoms. The van der Waals surface area contributed by atoms with Gasteiger partial charge in [-0.1, -0.05) is 42.5 Å². The van der Waals surface area contributed by atoms with Crippen molar-refractivity contribution in [1.29, 1.82) is 0 Å². The molecule has 148 valence electrons. The lowest BCUT2D eigenvalue weighted by atomic mass is 10.1.